The Kier molecular flexibility index (Phi) is 4.57. The molecule has 0 bridgehead atoms. The third-order valence-electron chi connectivity index (χ3n) is 2.88. The molecular formula is C11H18N2O2. The zero-order valence-corrected chi connectivity index (χ0v) is 9.40. The average molecular weight is 210 g/mol. The predicted octanol–water partition coefficient (Wildman–Crippen LogP) is 1.17. The van der Waals surface area contributed by atoms with Gasteiger partial charge in [-0.3, -0.25) is 9.69 Å². The van der Waals surface area contributed by atoms with Crippen LogP contribution in [0.1, 0.15) is 26.7 Å². The van der Waals surface area contributed by atoms with Gasteiger partial charge in [0.1, 0.15) is 0 Å². The molecule has 1 saturated heterocycles. The van der Waals surface area contributed by atoms with Crippen LogP contribution < -0.4 is 0 Å². The molecule has 0 spiro atoms. The molecule has 1 unspecified atom stereocenters. The summed E-state index contributed by atoms with van der Waals surface area (Å²) in [6, 6.07) is 2.17. The summed E-state index contributed by atoms with van der Waals surface area (Å²) >= 11 is 0. The zero-order valence-electron chi connectivity index (χ0n) is 9.40. The van der Waals surface area contributed by atoms with Gasteiger partial charge >= 0.3 is 5.97 Å². The van der Waals surface area contributed by atoms with Gasteiger partial charge in [-0.05, 0) is 26.7 Å². The third-order valence-corrected chi connectivity index (χ3v) is 2.88. The van der Waals surface area contributed by atoms with E-state index in [2.05, 4.69) is 11.0 Å². The fourth-order valence-corrected chi connectivity index (χ4v) is 1.86. The van der Waals surface area contributed by atoms with Crippen molar-refractivity contribution in [3.63, 3.8) is 0 Å². The number of ether oxygens (including phenoxy) is 1. The lowest BCUT2D eigenvalue weighted by molar-refractivity contribution is -0.149. The van der Waals surface area contributed by atoms with Gasteiger partial charge in [0.25, 0.3) is 0 Å². The fraction of sp³-hybridized carbons (Fsp3) is 0.818. The number of carbonyl (C=O) groups is 1. The molecule has 0 aliphatic carbocycles. The topological polar surface area (TPSA) is 53.3 Å². The standard InChI is InChI=1S/C11H18N2O2/c1-3-15-11(14)10-4-6-13(7-5-10)9(2)8-12/h9-10H,3-7H2,1-2H3. The Balaban J connectivity index is 2.36. The quantitative estimate of drug-likeness (QED) is 0.656. The van der Waals surface area contributed by atoms with Crippen molar-refractivity contribution >= 4 is 5.97 Å². The Labute approximate surface area is 90.8 Å². The van der Waals surface area contributed by atoms with Gasteiger partial charge in [0, 0.05) is 13.1 Å². The van der Waals surface area contributed by atoms with Gasteiger partial charge in [-0.25, -0.2) is 0 Å². The second kappa shape index (κ2) is 5.72. The Morgan fingerprint density at radius 2 is 2.20 bits per heavy atom. The van der Waals surface area contributed by atoms with E-state index in [9.17, 15) is 4.79 Å². The van der Waals surface area contributed by atoms with Gasteiger partial charge in [0.15, 0.2) is 0 Å². The minimum Gasteiger partial charge on any atom is -0.466 e. The number of likely N-dealkylation sites (tertiary alicyclic amines) is 1. The number of esters is 1. The number of rotatable bonds is 3. The van der Waals surface area contributed by atoms with Crippen LogP contribution in [0.4, 0.5) is 0 Å². The van der Waals surface area contributed by atoms with Crippen LogP contribution >= 0.6 is 0 Å². The molecule has 1 fully saturated rings. The third kappa shape index (κ3) is 3.21. The summed E-state index contributed by atoms with van der Waals surface area (Å²) in [6.07, 6.45) is 1.62. The number of piperidine rings is 1. The van der Waals surface area contributed by atoms with Gasteiger partial charge < -0.3 is 4.74 Å². The summed E-state index contributed by atoms with van der Waals surface area (Å²) < 4.78 is 4.98. The van der Waals surface area contributed by atoms with Crippen molar-refractivity contribution in [2.24, 2.45) is 5.92 Å². The van der Waals surface area contributed by atoms with E-state index in [0.717, 1.165) is 25.9 Å². The predicted molar refractivity (Wildman–Crippen MR) is 56.0 cm³/mol. The first-order chi connectivity index (χ1) is 7.19. The van der Waals surface area contributed by atoms with E-state index in [4.69, 9.17) is 10.00 Å². The van der Waals surface area contributed by atoms with Crippen molar-refractivity contribution in [2.75, 3.05) is 19.7 Å². The Morgan fingerprint density at radius 1 is 1.60 bits per heavy atom. The second-order valence-electron chi connectivity index (χ2n) is 3.87. The number of nitriles is 1. The SMILES string of the molecule is CCOC(=O)C1CCN(C(C)C#N)CC1. The molecule has 1 rings (SSSR count). The monoisotopic (exact) mass is 210 g/mol. The van der Waals surface area contributed by atoms with E-state index in [1.807, 2.05) is 13.8 Å². The molecule has 84 valence electrons. The lowest BCUT2D eigenvalue weighted by atomic mass is 9.96. The van der Waals surface area contributed by atoms with Gasteiger partial charge in [0.2, 0.25) is 0 Å². The maximum atomic E-state index is 11.4. The minimum atomic E-state index is -0.0817. The molecule has 1 aliphatic rings. The van der Waals surface area contributed by atoms with Gasteiger partial charge in [-0.1, -0.05) is 0 Å². The minimum absolute atomic E-state index is 0.0343. The van der Waals surface area contributed by atoms with Crippen molar-refractivity contribution in [3.05, 3.63) is 0 Å². The molecule has 0 N–H and O–H groups in total. The van der Waals surface area contributed by atoms with E-state index in [1.165, 1.54) is 0 Å². The summed E-state index contributed by atoms with van der Waals surface area (Å²) in [4.78, 5) is 13.5. The van der Waals surface area contributed by atoms with Crippen molar-refractivity contribution in [1.29, 1.82) is 5.26 Å². The first kappa shape index (κ1) is 12.0. The zero-order chi connectivity index (χ0) is 11.3. The van der Waals surface area contributed by atoms with Crippen LogP contribution in [0.25, 0.3) is 0 Å². The summed E-state index contributed by atoms with van der Waals surface area (Å²) in [5.74, 6) is -0.0474. The Hall–Kier alpha value is -1.08. The molecule has 0 aromatic heterocycles. The lowest BCUT2D eigenvalue weighted by Gasteiger charge is -2.32. The van der Waals surface area contributed by atoms with Crippen LogP contribution in [0.2, 0.25) is 0 Å². The summed E-state index contributed by atoms with van der Waals surface area (Å²) in [7, 11) is 0. The van der Waals surface area contributed by atoms with E-state index in [1.54, 1.807) is 0 Å². The smallest absolute Gasteiger partial charge is 0.309 e. The lowest BCUT2D eigenvalue weighted by Crippen LogP contribution is -2.41. The molecule has 0 amide bonds. The highest BCUT2D eigenvalue weighted by Crippen LogP contribution is 2.19. The van der Waals surface area contributed by atoms with E-state index < -0.39 is 0 Å². The molecule has 0 aromatic carbocycles. The Bertz CT molecular complexity index is 252. The average Bonchev–Trinajstić information content (AvgIpc) is 2.28. The molecule has 0 radical (unpaired) electrons. The maximum absolute atomic E-state index is 11.4. The molecule has 1 heterocycles. The van der Waals surface area contributed by atoms with Crippen molar-refractivity contribution in [2.45, 2.75) is 32.7 Å². The van der Waals surface area contributed by atoms with Gasteiger partial charge in [0.05, 0.1) is 24.6 Å². The summed E-state index contributed by atoms with van der Waals surface area (Å²) in [6.45, 7) is 5.81. The van der Waals surface area contributed by atoms with E-state index >= 15 is 0 Å². The normalized spacial score (nSPS) is 20.6. The molecule has 4 nitrogen and oxygen atoms in total. The van der Waals surface area contributed by atoms with E-state index in [-0.39, 0.29) is 17.9 Å². The number of hydrogen-bond acceptors (Lipinski definition) is 4. The van der Waals surface area contributed by atoms with Crippen LogP contribution in [-0.2, 0) is 9.53 Å². The van der Waals surface area contributed by atoms with Crippen LogP contribution in [0.15, 0.2) is 0 Å². The second-order valence-corrected chi connectivity index (χ2v) is 3.87. The maximum Gasteiger partial charge on any atom is 0.309 e. The van der Waals surface area contributed by atoms with Gasteiger partial charge in [-0.2, -0.15) is 5.26 Å². The molecule has 4 heteroatoms. The Morgan fingerprint density at radius 3 is 2.67 bits per heavy atom. The van der Waals surface area contributed by atoms with E-state index in [0.29, 0.717) is 6.61 Å². The van der Waals surface area contributed by atoms with Crippen LogP contribution in [0.3, 0.4) is 0 Å². The number of nitrogens with zero attached hydrogens (tertiary/aromatic N) is 2. The molecule has 1 atom stereocenters. The molecule has 0 aromatic rings. The van der Waals surface area contributed by atoms with Crippen LogP contribution in [0, 0.1) is 17.2 Å². The number of carbonyl (C=O) groups excluding carboxylic acids is 1. The molecular weight excluding hydrogens is 192 g/mol. The van der Waals surface area contributed by atoms with Crippen LogP contribution in [0.5, 0.6) is 0 Å². The fourth-order valence-electron chi connectivity index (χ4n) is 1.86. The van der Waals surface area contributed by atoms with Crippen molar-refractivity contribution in [1.82, 2.24) is 4.90 Å². The summed E-state index contributed by atoms with van der Waals surface area (Å²) in [5, 5.41) is 8.76. The highest BCUT2D eigenvalue weighted by atomic mass is 16.5. The largest absolute Gasteiger partial charge is 0.466 e. The first-order valence-corrected chi connectivity index (χ1v) is 5.49. The molecule has 1 aliphatic heterocycles. The highest BCUT2D eigenvalue weighted by molar-refractivity contribution is 5.72. The van der Waals surface area contributed by atoms with Gasteiger partial charge in [-0.15, -0.1) is 0 Å². The first-order valence-electron chi connectivity index (χ1n) is 5.49. The van der Waals surface area contributed by atoms with Crippen molar-refractivity contribution < 1.29 is 9.53 Å². The van der Waals surface area contributed by atoms with Crippen LogP contribution in [-0.4, -0.2) is 36.6 Å². The van der Waals surface area contributed by atoms with Crippen molar-refractivity contribution in [3.8, 4) is 6.07 Å². The summed E-state index contributed by atoms with van der Waals surface area (Å²) in [5.41, 5.74) is 0. The highest BCUT2D eigenvalue weighted by Gasteiger charge is 2.27. The molecule has 15 heavy (non-hydrogen) atoms. The number of hydrogen-bond donors (Lipinski definition) is 0. The molecule has 0 saturated carbocycles.